The molecule has 132 valence electrons. The number of carbonyl (C=O) groups is 2. The van der Waals surface area contributed by atoms with Crippen LogP contribution in [0.5, 0.6) is 5.75 Å². The summed E-state index contributed by atoms with van der Waals surface area (Å²) in [5.41, 5.74) is 0.727. The first-order valence-electron chi connectivity index (χ1n) is 8.15. The van der Waals surface area contributed by atoms with Crippen molar-refractivity contribution in [1.29, 1.82) is 0 Å². The lowest BCUT2D eigenvalue weighted by molar-refractivity contribution is -0.148. The first-order chi connectivity index (χ1) is 11.5. The zero-order chi connectivity index (χ0) is 17.6. The van der Waals surface area contributed by atoms with E-state index in [1.165, 1.54) is 0 Å². The molecule has 1 amide bonds. The first-order valence-corrected chi connectivity index (χ1v) is 8.15. The van der Waals surface area contributed by atoms with Gasteiger partial charge in [0.15, 0.2) is 6.61 Å². The quantitative estimate of drug-likeness (QED) is 0.749. The van der Waals surface area contributed by atoms with Gasteiger partial charge in [-0.15, -0.1) is 0 Å². The average Bonchev–Trinajstić information content (AvgIpc) is 2.53. The molecule has 1 saturated carbocycles. The van der Waals surface area contributed by atoms with E-state index < -0.39 is 5.97 Å². The molecule has 0 spiro atoms. The molecular weight excluding hydrogens is 310 g/mol. The van der Waals surface area contributed by atoms with Gasteiger partial charge in [-0.1, -0.05) is 18.6 Å². The van der Waals surface area contributed by atoms with Crippen LogP contribution in [0.25, 0.3) is 0 Å². The Morgan fingerprint density at radius 3 is 2.42 bits per heavy atom. The third-order valence-electron chi connectivity index (χ3n) is 4.60. The van der Waals surface area contributed by atoms with E-state index in [1.54, 1.807) is 24.1 Å². The summed E-state index contributed by atoms with van der Waals surface area (Å²) in [7, 11) is 3.48. The number of methoxy groups -OCH3 is 1. The molecule has 1 aromatic rings. The Kier molecular flexibility index (Phi) is 6.20. The molecule has 24 heavy (non-hydrogen) atoms. The lowest BCUT2D eigenvalue weighted by Gasteiger charge is -2.42. The number of hydrogen-bond donors (Lipinski definition) is 1. The van der Waals surface area contributed by atoms with Crippen LogP contribution >= 0.6 is 0 Å². The molecular formula is C18H25NO5. The predicted molar refractivity (Wildman–Crippen MR) is 88.8 cm³/mol. The summed E-state index contributed by atoms with van der Waals surface area (Å²) in [4.78, 5) is 25.0. The Morgan fingerprint density at radius 2 is 1.92 bits per heavy atom. The molecule has 0 aromatic heterocycles. The van der Waals surface area contributed by atoms with Gasteiger partial charge in [0.05, 0.1) is 5.41 Å². The largest absolute Gasteiger partial charge is 0.482 e. The lowest BCUT2D eigenvalue weighted by atomic mass is 9.66. The van der Waals surface area contributed by atoms with E-state index in [-0.39, 0.29) is 17.9 Å². The maximum absolute atomic E-state index is 12.8. The van der Waals surface area contributed by atoms with Gasteiger partial charge in [-0.2, -0.15) is 0 Å². The zero-order valence-corrected chi connectivity index (χ0v) is 14.3. The van der Waals surface area contributed by atoms with E-state index in [4.69, 9.17) is 14.6 Å². The third-order valence-corrected chi connectivity index (χ3v) is 4.60. The summed E-state index contributed by atoms with van der Waals surface area (Å²) in [6, 6.07) is 7.15. The molecule has 0 radical (unpaired) electrons. The van der Waals surface area contributed by atoms with Crippen molar-refractivity contribution in [2.45, 2.75) is 32.2 Å². The van der Waals surface area contributed by atoms with Gasteiger partial charge in [0.2, 0.25) is 5.91 Å². The van der Waals surface area contributed by atoms with Gasteiger partial charge in [-0.3, -0.25) is 4.79 Å². The van der Waals surface area contributed by atoms with Gasteiger partial charge < -0.3 is 19.5 Å². The maximum atomic E-state index is 12.8. The minimum atomic E-state index is -1.01. The highest BCUT2D eigenvalue weighted by atomic mass is 16.5. The predicted octanol–water partition coefficient (Wildman–Crippen LogP) is 2.32. The van der Waals surface area contributed by atoms with Crippen LogP contribution in [0.15, 0.2) is 24.3 Å². The van der Waals surface area contributed by atoms with E-state index in [1.807, 2.05) is 19.2 Å². The number of benzene rings is 1. The number of hydrogen-bond acceptors (Lipinski definition) is 4. The minimum absolute atomic E-state index is 0.178. The number of ether oxygens (including phenoxy) is 2. The van der Waals surface area contributed by atoms with Crippen LogP contribution in [0.4, 0.5) is 0 Å². The van der Waals surface area contributed by atoms with Crippen molar-refractivity contribution >= 4 is 11.9 Å². The molecule has 1 N–H and O–H groups in total. The second-order valence-corrected chi connectivity index (χ2v) is 6.36. The van der Waals surface area contributed by atoms with Crippen molar-refractivity contribution < 1.29 is 24.2 Å². The monoisotopic (exact) mass is 335 g/mol. The number of aliphatic carboxylic acids is 1. The van der Waals surface area contributed by atoms with Crippen molar-refractivity contribution in [3.05, 3.63) is 29.8 Å². The molecule has 1 aliphatic rings. The first kappa shape index (κ1) is 18.3. The molecule has 6 nitrogen and oxygen atoms in total. The SMILES string of the molecule is COCCC1(C(=O)N(C)Cc2ccc(OCC(=O)O)cc2)CCC1. The molecule has 1 aromatic carbocycles. The van der Waals surface area contributed by atoms with E-state index >= 15 is 0 Å². The van der Waals surface area contributed by atoms with Gasteiger partial charge in [0, 0.05) is 27.3 Å². The van der Waals surface area contributed by atoms with Crippen LogP contribution in [-0.2, 0) is 20.9 Å². The van der Waals surface area contributed by atoms with E-state index in [0.29, 0.717) is 18.9 Å². The molecule has 0 heterocycles. The van der Waals surface area contributed by atoms with Crippen LogP contribution in [0.1, 0.15) is 31.2 Å². The Morgan fingerprint density at radius 1 is 1.25 bits per heavy atom. The number of carboxylic acid groups (broad SMARTS) is 1. The van der Waals surface area contributed by atoms with Crippen molar-refractivity contribution in [3.63, 3.8) is 0 Å². The highest BCUT2D eigenvalue weighted by Crippen LogP contribution is 2.45. The van der Waals surface area contributed by atoms with Gasteiger partial charge in [0.1, 0.15) is 5.75 Å². The molecule has 2 rings (SSSR count). The summed E-state index contributed by atoms with van der Waals surface area (Å²) >= 11 is 0. The van der Waals surface area contributed by atoms with Gasteiger partial charge >= 0.3 is 5.97 Å². The molecule has 1 aliphatic carbocycles. The third kappa shape index (κ3) is 4.47. The molecule has 0 saturated heterocycles. The highest BCUT2D eigenvalue weighted by Gasteiger charge is 2.44. The molecule has 1 fully saturated rings. The smallest absolute Gasteiger partial charge is 0.341 e. The average molecular weight is 335 g/mol. The van der Waals surface area contributed by atoms with Gasteiger partial charge in [-0.25, -0.2) is 4.79 Å². The van der Waals surface area contributed by atoms with Crippen molar-refractivity contribution in [3.8, 4) is 5.75 Å². The Hall–Kier alpha value is -2.08. The number of nitrogens with zero attached hydrogens (tertiary/aromatic N) is 1. The summed E-state index contributed by atoms with van der Waals surface area (Å²) in [6.07, 6.45) is 3.73. The number of rotatable bonds is 9. The number of carbonyl (C=O) groups excluding carboxylic acids is 1. The lowest BCUT2D eigenvalue weighted by Crippen LogP contribution is -2.46. The second kappa shape index (κ2) is 8.15. The van der Waals surface area contributed by atoms with Crippen molar-refractivity contribution in [2.24, 2.45) is 5.41 Å². The topological polar surface area (TPSA) is 76.1 Å². The fraction of sp³-hybridized carbons (Fsp3) is 0.556. The molecule has 6 heteroatoms. The molecule has 0 bridgehead atoms. The Balaban J connectivity index is 1.92. The van der Waals surface area contributed by atoms with Crippen LogP contribution in [-0.4, -0.2) is 49.3 Å². The molecule has 0 unspecified atom stereocenters. The maximum Gasteiger partial charge on any atom is 0.341 e. The number of amides is 1. The Labute approximate surface area is 142 Å². The van der Waals surface area contributed by atoms with Crippen molar-refractivity contribution in [2.75, 3.05) is 27.4 Å². The normalized spacial score (nSPS) is 15.4. The summed E-state index contributed by atoms with van der Waals surface area (Å²) in [5, 5.41) is 8.60. The minimum Gasteiger partial charge on any atom is -0.482 e. The standard InChI is InChI=1S/C18H25NO5/c1-19(17(22)18(8-3-9-18)10-11-23-2)12-14-4-6-15(7-5-14)24-13-16(20)21/h4-7H,3,8-13H2,1-2H3,(H,20,21). The fourth-order valence-corrected chi connectivity index (χ4v) is 3.06. The Bertz CT molecular complexity index is 565. The van der Waals surface area contributed by atoms with Gasteiger partial charge in [0.25, 0.3) is 0 Å². The van der Waals surface area contributed by atoms with E-state index in [2.05, 4.69) is 0 Å². The van der Waals surface area contributed by atoms with Crippen molar-refractivity contribution in [1.82, 2.24) is 4.90 Å². The molecule has 0 atom stereocenters. The van der Waals surface area contributed by atoms with Crippen LogP contribution in [0.2, 0.25) is 0 Å². The summed E-state index contributed by atoms with van der Waals surface area (Å²) in [6.45, 7) is 0.766. The second-order valence-electron chi connectivity index (χ2n) is 6.36. The fourth-order valence-electron chi connectivity index (χ4n) is 3.06. The van der Waals surface area contributed by atoms with E-state index in [0.717, 1.165) is 31.2 Å². The zero-order valence-electron chi connectivity index (χ0n) is 14.3. The van der Waals surface area contributed by atoms with Crippen LogP contribution in [0, 0.1) is 5.41 Å². The number of carboxylic acids is 1. The van der Waals surface area contributed by atoms with Crippen LogP contribution < -0.4 is 4.74 Å². The molecule has 0 aliphatic heterocycles. The van der Waals surface area contributed by atoms with Gasteiger partial charge in [-0.05, 0) is 37.0 Å². The summed E-state index contributed by atoms with van der Waals surface area (Å²) in [5.74, 6) is -0.325. The highest BCUT2D eigenvalue weighted by molar-refractivity contribution is 5.83. The summed E-state index contributed by atoms with van der Waals surface area (Å²) < 4.78 is 10.3. The van der Waals surface area contributed by atoms with Crippen LogP contribution in [0.3, 0.4) is 0 Å². The van der Waals surface area contributed by atoms with E-state index in [9.17, 15) is 9.59 Å².